The zero-order chi connectivity index (χ0) is 10.0. The Hall–Kier alpha value is -1.03. The zero-order valence-corrected chi connectivity index (χ0v) is 9.01. The van der Waals surface area contributed by atoms with Gasteiger partial charge in [-0.15, -0.1) is 0 Å². The molecule has 1 aromatic rings. The number of hydrogen-bond donors (Lipinski definition) is 1. The molecule has 0 aliphatic heterocycles. The average Bonchev–Trinajstić information content (AvgIpc) is 2.03. The Balaban J connectivity index is 3.30. The summed E-state index contributed by atoms with van der Waals surface area (Å²) in [5.74, 6) is 0.196. The highest BCUT2D eigenvalue weighted by atomic mass is 79.9. The molecule has 0 heterocycles. The van der Waals surface area contributed by atoms with Crippen LogP contribution in [-0.4, -0.2) is 13.0 Å². The van der Waals surface area contributed by atoms with Crippen LogP contribution in [0.3, 0.4) is 0 Å². The summed E-state index contributed by atoms with van der Waals surface area (Å²) >= 11 is 3.25. The van der Waals surface area contributed by atoms with Gasteiger partial charge in [0.05, 0.1) is 12.7 Å². The van der Waals surface area contributed by atoms with Crippen LogP contribution in [0.5, 0.6) is 5.75 Å². The summed E-state index contributed by atoms with van der Waals surface area (Å²) in [6.45, 7) is 1.90. The predicted octanol–water partition coefficient (Wildman–Crippen LogP) is 1.87. The van der Waals surface area contributed by atoms with Gasteiger partial charge in [0.25, 0.3) is 0 Å². The summed E-state index contributed by atoms with van der Waals surface area (Å²) in [6.07, 6.45) is 0. The minimum atomic E-state index is -0.467. The van der Waals surface area contributed by atoms with E-state index >= 15 is 0 Å². The Kier molecular flexibility index (Phi) is 2.93. The maximum absolute atomic E-state index is 10.9. The van der Waals surface area contributed by atoms with E-state index in [0.717, 1.165) is 5.56 Å². The van der Waals surface area contributed by atoms with Crippen LogP contribution in [0.4, 0.5) is 0 Å². The van der Waals surface area contributed by atoms with Crippen LogP contribution in [0.15, 0.2) is 16.6 Å². The molecule has 0 spiro atoms. The van der Waals surface area contributed by atoms with Crippen LogP contribution in [-0.2, 0) is 0 Å². The van der Waals surface area contributed by atoms with Crippen molar-refractivity contribution in [2.75, 3.05) is 7.11 Å². The van der Waals surface area contributed by atoms with E-state index in [1.807, 2.05) is 6.92 Å². The molecule has 0 unspecified atom stereocenters. The van der Waals surface area contributed by atoms with Crippen molar-refractivity contribution < 1.29 is 9.53 Å². The summed E-state index contributed by atoms with van der Waals surface area (Å²) in [5.41, 5.74) is 6.55. The van der Waals surface area contributed by atoms with E-state index in [1.165, 1.54) is 0 Å². The molecule has 1 aromatic carbocycles. The third-order valence-corrected chi connectivity index (χ3v) is 2.41. The number of nitrogens with two attached hydrogens (primary N) is 1. The number of primary amides is 1. The molecular formula is C9H10BrNO2. The minimum absolute atomic E-state index is 0.433. The van der Waals surface area contributed by atoms with Crippen LogP contribution in [0.25, 0.3) is 0 Å². The molecule has 0 aromatic heterocycles. The molecule has 0 aliphatic rings. The van der Waals surface area contributed by atoms with Crippen LogP contribution < -0.4 is 10.5 Å². The second kappa shape index (κ2) is 3.79. The number of halogens is 1. The first-order valence-corrected chi connectivity index (χ1v) is 4.49. The molecule has 0 saturated carbocycles. The van der Waals surface area contributed by atoms with Crippen molar-refractivity contribution in [1.29, 1.82) is 0 Å². The number of rotatable bonds is 2. The van der Waals surface area contributed by atoms with Gasteiger partial charge in [-0.05, 0) is 40.5 Å². The van der Waals surface area contributed by atoms with E-state index < -0.39 is 5.91 Å². The van der Waals surface area contributed by atoms with Gasteiger partial charge in [-0.1, -0.05) is 0 Å². The molecule has 1 rings (SSSR count). The lowest BCUT2D eigenvalue weighted by Crippen LogP contribution is -2.12. The number of hydrogen-bond acceptors (Lipinski definition) is 2. The third-order valence-electron chi connectivity index (χ3n) is 1.75. The fourth-order valence-electron chi connectivity index (χ4n) is 1.06. The van der Waals surface area contributed by atoms with Gasteiger partial charge in [0, 0.05) is 4.47 Å². The summed E-state index contributed by atoms with van der Waals surface area (Å²) < 4.78 is 5.76. The fourth-order valence-corrected chi connectivity index (χ4v) is 1.71. The smallest absolute Gasteiger partial charge is 0.249 e. The molecule has 0 bridgehead atoms. The van der Waals surface area contributed by atoms with Gasteiger partial charge in [-0.2, -0.15) is 0 Å². The fraction of sp³-hybridized carbons (Fsp3) is 0.222. The molecule has 13 heavy (non-hydrogen) atoms. The molecule has 2 N–H and O–H groups in total. The molecule has 3 nitrogen and oxygen atoms in total. The second-order valence-electron chi connectivity index (χ2n) is 2.67. The first-order valence-electron chi connectivity index (χ1n) is 3.70. The standard InChI is InChI=1S/C9H10BrNO2/c1-5-3-7(10)6(9(11)12)4-8(5)13-2/h3-4H,1-2H3,(H2,11,12). The highest BCUT2D eigenvalue weighted by Gasteiger charge is 2.09. The van der Waals surface area contributed by atoms with Gasteiger partial charge in [-0.3, -0.25) is 4.79 Å². The van der Waals surface area contributed by atoms with Gasteiger partial charge >= 0.3 is 0 Å². The van der Waals surface area contributed by atoms with Gasteiger partial charge in [0.1, 0.15) is 5.75 Å². The molecule has 0 radical (unpaired) electrons. The monoisotopic (exact) mass is 243 g/mol. The summed E-state index contributed by atoms with van der Waals surface area (Å²) in [4.78, 5) is 10.9. The Morgan fingerprint density at radius 2 is 2.15 bits per heavy atom. The van der Waals surface area contributed by atoms with E-state index in [4.69, 9.17) is 10.5 Å². The van der Waals surface area contributed by atoms with Crippen molar-refractivity contribution in [3.63, 3.8) is 0 Å². The van der Waals surface area contributed by atoms with Crippen molar-refractivity contribution in [2.45, 2.75) is 6.92 Å². The Bertz CT molecular complexity index is 350. The first-order chi connectivity index (χ1) is 6.06. The van der Waals surface area contributed by atoms with E-state index in [0.29, 0.717) is 15.8 Å². The SMILES string of the molecule is COc1cc(C(N)=O)c(Br)cc1C. The van der Waals surface area contributed by atoms with Gasteiger partial charge in [0.15, 0.2) is 0 Å². The van der Waals surface area contributed by atoms with Crippen molar-refractivity contribution in [3.05, 3.63) is 27.7 Å². The second-order valence-corrected chi connectivity index (χ2v) is 3.52. The number of aryl methyl sites for hydroxylation is 1. The number of amides is 1. The third kappa shape index (κ3) is 2.01. The zero-order valence-electron chi connectivity index (χ0n) is 7.43. The lowest BCUT2D eigenvalue weighted by atomic mass is 10.1. The lowest BCUT2D eigenvalue weighted by molar-refractivity contribution is 0.0999. The van der Waals surface area contributed by atoms with E-state index in [1.54, 1.807) is 19.2 Å². The van der Waals surface area contributed by atoms with Gasteiger partial charge < -0.3 is 10.5 Å². The topological polar surface area (TPSA) is 52.3 Å². The normalized spacial score (nSPS) is 9.77. The predicted molar refractivity (Wildman–Crippen MR) is 53.9 cm³/mol. The van der Waals surface area contributed by atoms with Crippen molar-refractivity contribution >= 4 is 21.8 Å². The largest absolute Gasteiger partial charge is 0.496 e. The molecule has 70 valence electrons. The molecule has 1 amide bonds. The number of carbonyl (C=O) groups excluding carboxylic acids is 1. The highest BCUT2D eigenvalue weighted by molar-refractivity contribution is 9.10. The van der Waals surface area contributed by atoms with Crippen LogP contribution >= 0.6 is 15.9 Å². The Morgan fingerprint density at radius 3 is 2.62 bits per heavy atom. The maximum Gasteiger partial charge on any atom is 0.249 e. The summed E-state index contributed by atoms with van der Waals surface area (Å²) in [6, 6.07) is 3.43. The maximum atomic E-state index is 10.9. The quantitative estimate of drug-likeness (QED) is 0.863. The lowest BCUT2D eigenvalue weighted by Gasteiger charge is -2.07. The molecule has 4 heteroatoms. The van der Waals surface area contributed by atoms with Crippen LogP contribution in [0, 0.1) is 6.92 Å². The number of ether oxygens (including phenoxy) is 1. The molecule has 0 atom stereocenters. The van der Waals surface area contributed by atoms with E-state index in [-0.39, 0.29) is 0 Å². The van der Waals surface area contributed by atoms with E-state index in [9.17, 15) is 4.79 Å². The Labute approximate surface area is 85.0 Å². The van der Waals surface area contributed by atoms with Gasteiger partial charge in [-0.25, -0.2) is 0 Å². The minimum Gasteiger partial charge on any atom is -0.496 e. The first kappa shape index (κ1) is 10.1. The van der Waals surface area contributed by atoms with Crippen molar-refractivity contribution in [3.8, 4) is 5.75 Å². The molecular weight excluding hydrogens is 234 g/mol. The molecule has 0 fully saturated rings. The highest BCUT2D eigenvalue weighted by Crippen LogP contribution is 2.26. The average molecular weight is 244 g/mol. The number of carbonyl (C=O) groups is 1. The Morgan fingerprint density at radius 1 is 1.54 bits per heavy atom. The van der Waals surface area contributed by atoms with Crippen molar-refractivity contribution in [2.24, 2.45) is 5.73 Å². The number of benzene rings is 1. The summed E-state index contributed by atoms with van der Waals surface area (Å²) in [7, 11) is 1.56. The number of methoxy groups -OCH3 is 1. The van der Waals surface area contributed by atoms with Crippen molar-refractivity contribution in [1.82, 2.24) is 0 Å². The van der Waals surface area contributed by atoms with Crippen LogP contribution in [0.2, 0.25) is 0 Å². The van der Waals surface area contributed by atoms with Crippen LogP contribution in [0.1, 0.15) is 15.9 Å². The molecule has 0 aliphatic carbocycles. The molecule has 0 saturated heterocycles. The van der Waals surface area contributed by atoms with Gasteiger partial charge in [0.2, 0.25) is 5.91 Å². The van der Waals surface area contributed by atoms with E-state index in [2.05, 4.69) is 15.9 Å². The summed E-state index contributed by atoms with van der Waals surface area (Å²) in [5, 5.41) is 0.